The first-order valence-electron chi connectivity index (χ1n) is 12.7. The van der Waals surface area contributed by atoms with Gasteiger partial charge in [0.05, 0.1) is 28.9 Å². The van der Waals surface area contributed by atoms with Crippen LogP contribution in [0.4, 0.5) is 5.69 Å². The van der Waals surface area contributed by atoms with E-state index in [4.69, 9.17) is 0 Å². The van der Waals surface area contributed by atoms with Gasteiger partial charge in [0.1, 0.15) is 11.3 Å². The molecule has 1 fully saturated rings. The van der Waals surface area contributed by atoms with Crippen LogP contribution in [-0.4, -0.2) is 41.5 Å². The van der Waals surface area contributed by atoms with Gasteiger partial charge in [0.15, 0.2) is 0 Å². The maximum absolute atomic E-state index is 13.3. The van der Waals surface area contributed by atoms with Crippen LogP contribution in [-0.2, 0) is 15.4 Å². The zero-order valence-corrected chi connectivity index (χ0v) is 22.5. The standard InChI is InChI=1S/C29H32N4O4S/c1-29(2,3)19-12-14-21(15-13-19)38(36,37)33-20-16-22-25(18-8-5-4-6-9-18)26(32-27(22)30-17-20)28(35)31-23-10-7-11-24(23)34/h4-6,8-9,12-17,23-24,33-34H,7,10-11H2,1-3H3,(H,30,32)(H,31,35). The van der Waals surface area contributed by atoms with Crippen LogP contribution in [0.15, 0.2) is 71.8 Å². The number of anilines is 1. The van der Waals surface area contributed by atoms with Gasteiger partial charge in [0, 0.05) is 10.9 Å². The van der Waals surface area contributed by atoms with E-state index in [9.17, 15) is 18.3 Å². The van der Waals surface area contributed by atoms with Gasteiger partial charge in [-0.25, -0.2) is 13.4 Å². The van der Waals surface area contributed by atoms with Gasteiger partial charge in [0.25, 0.3) is 15.9 Å². The summed E-state index contributed by atoms with van der Waals surface area (Å²) in [5, 5.41) is 13.8. The van der Waals surface area contributed by atoms with Crippen LogP contribution in [0.2, 0.25) is 0 Å². The third-order valence-electron chi connectivity index (χ3n) is 7.02. The van der Waals surface area contributed by atoms with Gasteiger partial charge >= 0.3 is 0 Å². The topological polar surface area (TPSA) is 124 Å². The molecule has 2 unspecified atom stereocenters. The Morgan fingerprint density at radius 3 is 2.39 bits per heavy atom. The molecule has 198 valence electrons. The minimum atomic E-state index is -3.86. The van der Waals surface area contributed by atoms with Crippen molar-refractivity contribution in [1.29, 1.82) is 0 Å². The number of rotatable bonds is 6. The summed E-state index contributed by atoms with van der Waals surface area (Å²) in [6, 6.07) is 17.6. The number of aromatic nitrogens is 2. The van der Waals surface area contributed by atoms with Crippen molar-refractivity contribution >= 4 is 32.7 Å². The monoisotopic (exact) mass is 532 g/mol. The Morgan fingerprint density at radius 2 is 1.76 bits per heavy atom. The van der Waals surface area contributed by atoms with Crippen LogP contribution in [0.25, 0.3) is 22.2 Å². The summed E-state index contributed by atoms with van der Waals surface area (Å²) < 4.78 is 28.9. The highest BCUT2D eigenvalue weighted by Crippen LogP contribution is 2.34. The smallest absolute Gasteiger partial charge is 0.268 e. The Hall–Kier alpha value is -3.69. The molecule has 0 bridgehead atoms. The molecule has 5 rings (SSSR count). The van der Waals surface area contributed by atoms with Gasteiger partial charge in [-0.15, -0.1) is 0 Å². The second-order valence-corrected chi connectivity index (χ2v) is 12.5. The number of aromatic amines is 1. The van der Waals surface area contributed by atoms with E-state index in [0.29, 0.717) is 35.1 Å². The first kappa shape index (κ1) is 25.9. The molecule has 4 aromatic rings. The van der Waals surface area contributed by atoms with E-state index in [1.54, 1.807) is 18.2 Å². The highest BCUT2D eigenvalue weighted by molar-refractivity contribution is 7.92. The number of H-pyrrole nitrogens is 1. The first-order valence-corrected chi connectivity index (χ1v) is 14.2. The molecular formula is C29H32N4O4S. The first-order chi connectivity index (χ1) is 18.0. The summed E-state index contributed by atoms with van der Waals surface area (Å²) in [7, 11) is -3.86. The molecule has 1 amide bonds. The molecule has 1 saturated carbocycles. The maximum Gasteiger partial charge on any atom is 0.268 e. The number of aliphatic hydroxyl groups excluding tert-OH is 1. The van der Waals surface area contributed by atoms with Crippen molar-refractivity contribution in [2.45, 2.75) is 62.5 Å². The molecule has 0 radical (unpaired) electrons. The molecule has 38 heavy (non-hydrogen) atoms. The number of hydrogen-bond donors (Lipinski definition) is 4. The molecule has 9 heteroatoms. The van der Waals surface area contributed by atoms with Gasteiger partial charge in [-0.1, -0.05) is 63.2 Å². The van der Waals surface area contributed by atoms with Crippen LogP contribution in [0.5, 0.6) is 0 Å². The van der Waals surface area contributed by atoms with Crippen LogP contribution in [0.3, 0.4) is 0 Å². The lowest BCUT2D eigenvalue weighted by Gasteiger charge is -2.19. The lowest BCUT2D eigenvalue weighted by Crippen LogP contribution is -2.40. The molecule has 2 heterocycles. The van der Waals surface area contributed by atoms with Crippen molar-refractivity contribution < 1.29 is 18.3 Å². The van der Waals surface area contributed by atoms with Crippen molar-refractivity contribution in [2.75, 3.05) is 4.72 Å². The molecular weight excluding hydrogens is 500 g/mol. The Bertz CT molecular complexity index is 1570. The van der Waals surface area contributed by atoms with Crippen LogP contribution >= 0.6 is 0 Å². The summed E-state index contributed by atoms with van der Waals surface area (Å²) in [5.74, 6) is -0.339. The van der Waals surface area contributed by atoms with Gasteiger partial charge in [-0.2, -0.15) is 0 Å². The Morgan fingerprint density at radius 1 is 1.05 bits per heavy atom. The highest BCUT2D eigenvalue weighted by atomic mass is 32.2. The zero-order valence-electron chi connectivity index (χ0n) is 21.7. The van der Waals surface area contributed by atoms with E-state index >= 15 is 0 Å². The van der Waals surface area contributed by atoms with E-state index in [1.807, 2.05) is 42.5 Å². The molecule has 4 N–H and O–H groups in total. The SMILES string of the molecule is CC(C)(C)c1ccc(S(=O)(=O)Nc2cnc3[nH]c(C(=O)NC4CCCC4O)c(-c4ccccc4)c3c2)cc1. The van der Waals surface area contributed by atoms with Crippen molar-refractivity contribution in [3.05, 3.63) is 78.1 Å². The van der Waals surface area contributed by atoms with Crippen molar-refractivity contribution in [2.24, 2.45) is 0 Å². The largest absolute Gasteiger partial charge is 0.391 e. The van der Waals surface area contributed by atoms with E-state index < -0.39 is 16.1 Å². The Labute approximate surface area is 222 Å². The van der Waals surface area contributed by atoms with Crippen molar-refractivity contribution in [3.63, 3.8) is 0 Å². The molecule has 0 spiro atoms. The molecule has 1 aliphatic carbocycles. The lowest BCUT2D eigenvalue weighted by molar-refractivity contribution is 0.0870. The average molecular weight is 533 g/mol. The third kappa shape index (κ3) is 5.16. The second kappa shape index (κ2) is 9.89. The fraction of sp³-hybridized carbons (Fsp3) is 0.310. The van der Waals surface area contributed by atoms with Gasteiger partial charge in [-0.05, 0) is 54.0 Å². The summed E-state index contributed by atoms with van der Waals surface area (Å²) in [5.41, 5.74) is 3.41. The van der Waals surface area contributed by atoms with Gasteiger partial charge in [0.2, 0.25) is 0 Å². The van der Waals surface area contributed by atoms with Crippen LogP contribution < -0.4 is 10.0 Å². The summed E-state index contributed by atoms with van der Waals surface area (Å²) >= 11 is 0. The average Bonchev–Trinajstić information content (AvgIpc) is 3.46. The molecule has 2 aromatic heterocycles. The number of aliphatic hydroxyl groups is 1. The summed E-state index contributed by atoms with van der Waals surface area (Å²) in [4.78, 5) is 21.0. The Balaban J connectivity index is 1.51. The lowest BCUT2D eigenvalue weighted by atomic mass is 9.87. The fourth-order valence-corrected chi connectivity index (χ4v) is 5.93. The summed E-state index contributed by atoms with van der Waals surface area (Å²) in [6.07, 6.45) is 3.09. The Kier molecular flexibility index (Phi) is 6.75. The van der Waals surface area contributed by atoms with Gasteiger partial charge < -0.3 is 15.4 Å². The van der Waals surface area contributed by atoms with E-state index in [1.165, 1.54) is 6.20 Å². The normalized spacial score (nSPS) is 18.0. The number of carbonyl (C=O) groups is 1. The predicted molar refractivity (Wildman–Crippen MR) is 149 cm³/mol. The number of benzene rings is 2. The minimum absolute atomic E-state index is 0.0906. The summed E-state index contributed by atoms with van der Waals surface area (Å²) in [6.45, 7) is 6.21. The van der Waals surface area contributed by atoms with Crippen LogP contribution in [0, 0.1) is 0 Å². The van der Waals surface area contributed by atoms with Crippen molar-refractivity contribution in [3.8, 4) is 11.1 Å². The number of sulfonamides is 1. The number of hydrogen-bond acceptors (Lipinski definition) is 5. The molecule has 0 saturated heterocycles. The molecule has 2 atom stereocenters. The molecule has 8 nitrogen and oxygen atoms in total. The number of nitrogens with one attached hydrogen (secondary N) is 3. The third-order valence-corrected chi connectivity index (χ3v) is 8.42. The van der Waals surface area contributed by atoms with E-state index in [-0.39, 0.29) is 27.9 Å². The second-order valence-electron chi connectivity index (χ2n) is 10.8. The highest BCUT2D eigenvalue weighted by Gasteiger charge is 2.29. The quantitative estimate of drug-likeness (QED) is 0.279. The van der Waals surface area contributed by atoms with E-state index in [2.05, 4.69) is 40.8 Å². The number of amides is 1. The number of pyridine rings is 1. The number of carbonyl (C=O) groups excluding carboxylic acids is 1. The maximum atomic E-state index is 13.3. The molecule has 2 aromatic carbocycles. The fourth-order valence-electron chi connectivity index (χ4n) is 4.90. The number of fused-ring (bicyclic) bond motifs is 1. The molecule has 0 aliphatic heterocycles. The van der Waals surface area contributed by atoms with Crippen LogP contribution in [0.1, 0.15) is 56.1 Å². The minimum Gasteiger partial charge on any atom is -0.391 e. The predicted octanol–water partition coefficient (Wildman–Crippen LogP) is 4.97. The van der Waals surface area contributed by atoms with E-state index in [0.717, 1.165) is 17.5 Å². The van der Waals surface area contributed by atoms with Gasteiger partial charge in [-0.3, -0.25) is 9.52 Å². The van der Waals surface area contributed by atoms with Crippen molar-refractivity contribution in [1.82, 2.24) is 15.3 Å². The zero-order chi connectivity index (χ0) is 27.1. The molecule has 1 aliphatic rings. The number of nitrogens with zero attached hydrogens (tertiary/aromatic N) is 1.